The lowest BCUT2D eigenvalue weighted by Crippen LogP contribution is -2.54. The van der Waals surface area contributed by atoms with E-state index in [0.717, 1.165) is 28.0 Å². The van der Waals surface area contributed by atoms with Gasteiger partial charge in [-0.3, -0.25) is 14.9 Å². The van der Waals surface area contributed by atoms with E-state index in [1.165, 1.54) is 12.1 Å². The molecule has 1 saturated heterocycles. The highest BCUT2D eigenvalue weighted by Crippen LogP contribution is 2.37. The van der Waals surface area contributed by atoms with Crippen LogP contribution >= 0.6 is 23.2 Å². The smallest absolute Gasteiger partial charge is 0.416 e. The lowest BCUT2D eigenvalue weighted by Gasteiger charge is -2.27. The number of barbiturate groups is 1. The molecule has 0 aliphatic carbocycles. The first-order valence-electron chi connectivity index (χ1n) is 12.1. The second kappa shape index (κ2) is 10.9. The number of nitrogens with zero attached hydrogens (tertiary/aromatic N) is 1. The van der Waals surface area contributed by atoms with E-state index in [-0.39, 0.29) is 16.7 Å². The first-order chi connectivity index (χ1) is 19.4. The normalized spacial score (nSPS) is 15.0. The van der Waals surface area contributed by atoms with Crippen LogP contribution in [0.15, 0.2) is 78.4 Å². The molecule has 6 nitrogen and oxygen atoms in total. The summed E-state index contributed by atoms with van der Waals surface area (Å²) in [7, 11) is 0. The molecule has 5 rings (SSSR count). The van der Waals surface area contributed by atoms with Crippen molar-refractivity contribution in [3.8, 4) is 5.75 Å². The molecule has 11 heteroatoms. The predicted molar refractivity (Wildman–Crippen MR) is 150 cm³/mol. The summed E-state index contributed by atoms with van der Waals surface area (Å²) >= 11 is 12.5. The van der Waals surface area contributed by atoms with Crippen molar-refractivity contribution in [2.24, 2.45) is 0 Å². The first kappa shape index (κ1) is 28.2. The number of imide groups is 2. The van der Waals surface area contributed by atoms with Crippen LogP contribution in [0.25, 0.3) is 16.8 Å². The highest BCUT2D eigenvalue weighted by atomic mass is 35.5. The molecule has 1 fully saturated rings. The van der Waals surface area contributed by atoms with Crippen LogP contribution in [0.1, 0.15) is 22.3 Å². The maximum atomic E-state index is 13.3. The van der Waals surface area contributed by atoms with Crippen molar-refractivity contribution < 1.29 is 32.3 Å². The molecule has 1 aliphatic rings. The van der Waals surface area contributed by atoms with E-state index in [0.29, 0.717) is 28.3 Å². The number of carbonyl (C=O) groups is 3. The van der Waals surface area contributed by atoms with Gasteiger partial charge in [0.15, 0.2) is 0 Å². The quantitative estimate of drug-likeness (QED) is 0.188. The number of fused-ring (bicyclic) bond motifs is 1. The molecule has 208 valence electrons. The third-order valence-electron chi connectivity index (χ3n) is 6.53. The number of nitrogens with one attached hydrogen (secondary N) is 1. The molecule has 0 unspecified atom stereocenters. The average Bonchev–Trinajstić information content (AvgIpc) is 2.91. The molecule has 1 heterocycles. The zero-order valence-electron chi connectivity index (χ0n) is 21.2. The zero-order valence-corrected chi connectivity index (χ0v) is 22.7. The van der Waals surface area contributed by atoms with E-state index in [9.17, 15) is 27.6 Å². The summed E-state index contributed by atoms with van der Waals surface area (Å²) in [6.07, 6.45) is -3.58. The summed E-state index contributed by atoms with van der Waals surface area (Å²) in [5.74, 6) is -1.82. The fourth-order valence-electron chi connectivity index (χ4n) is 4.41. The van der Waals surface area contributed by atoms with E-state index < -0.39 is 40.8 Å². The Kier molecular flexibility index (Phi) is 7.50. The van der Waals surface area contributed by atoms with E-state index in [1.807, 2.05) is 48.6 Å². The summed E-state index contributed by atoms with van der Waals surface area (Å²) in [5, 5.41) is 3.98. The highest BCUT2D eigenvalue weighted by Gasteiger charge is 2.39. The summed E-state index contributed by atoms with van der Waals surface area (Å²) in [5.41, 5.74) is 0.200. The van der Waals surface area contributed by atoms with Crippen LogP contribution in [0.3, 0.4) is 0 Å². The number of aryl methyl sites for hydroxylation is 1. The largest absolute Gasteiger partial charge is 0.487 e. The van der Waals surface area contributed by atoms with E-state index in [1.54, 1.807) is 12.1 Å². The van der Waals surface area contributed by atoms with Gasteiger partial charge in [-0.2, -0.15) is 13.2 Å². The minimum Gasteiger partial charge on any atom is -0.487 e. The maximum absolute atomic E-state index is 13.3. The van der Waals surface area contributed by atoms with Gasteiger partial charge in [0.1, 0.15) is 17.9 Å². The lowest BCUT2D eigenvalue weighted by molar-refractivity contribution is -0.137. The molecule has 4 aromatic rings. The minimum absolute atomic E-state index is 0.190. The number of ether oxygens (including phenoxy) is 1. The Morgan fingerprint density at radius 3 is 2.41 bits per heavy atom. The van der Waals surface area contributed by atoms with Crippen LogP contribution in [0.5, 0.6) is 5.75 Å². The molecule has 1 aliphatic heterocycles. The average molecular weight is 599 g/mol. The topological polar surface area (TPSA) is 75.7 Å². The summed E-state index contributed by atoms with van der Waals surface area (Å²) in [6.45, 7) is 2.22. The maximum Gasteiger partial charge on any atom is 0.416 e. The molecule has 1 N–H and O–H groups in total. The Morgan fingerprint density at radius 2 is 1.68 bits per heavy atom. The molecule has 4 aromatic carbocycles. The number of amides is 4. The predicted octanol–water partition coefficient (Wildman–Crippen LogP) is 7.72. The molecule has 41 heavy (non-hydrogen) atoms. The van der Waals surface area contributed by atoms with Crippen molar-refractivity contribution >= 4 is 63.6 Å². The fourth-order valence-corrected chi connectivity index (χ4v) is 4.86. The molecular weight excluding hydrogens is 580 g/mol. The minimum atomic E-state index is -4.75. The number of rotatable bonds is 5. The summed E-state index contributed by atoms with van der Waals surface area (Å²) in [4.78, 5) is 38.6. The standard InChI is InChI=1S/C30H19Cl2F3N2O4/c1-16-6-8-18-4-2-3-5-20(18)22(16)15-41-26-11-7-17(13-24(26)32)12-21-27(38)36-29(40)37(28(21)39)25-14-19(30(33,34)35)9-10-23(25)31/h2-14H,15H2,1H3,(H,36,38,40)/b21-12-. The van der Waals surface area contributed by atoms with Crippen molar-refractivity contribution in [2.75, 3.05) is 4.90 Å². The van der Waals surface area contributed by atoms with Gasteiger partial charge in [0.05, 0.1) is 21.3 Å². The van der Waals surface area contributed by atoms with Crippen LogP contribution in [-0.4, -0.2) is 17.8 Å². The number of halogens is 5. The van der Waals surface area contributed by atoms with Crippen LogP contribution < -0.4 is 15.0 Å². The molecule has 4 amide bonds. The molecule has 0 saturated carbocycles. The number of urea groups is 1. The number of anilines is 1. The molecule has 0 atom stereocenters. The highest BCUT2D eigenvalue weighted by molar-refractivity contribution is 6.42. The molecule has 0 aromatic heterocycles. The van der Waals surface area contributed by atoms with E-state index in [2.05, 4.69) is 0 Å². The SMILES string of the molecule is Cc1ccc2ccccc2c1COc1ccc(/C=C2/C(=O)NC(=O)N(c3cc(C(F)(F)F)ccc3Cl)C2=O)cc1Cl. The second-order valence-corrected chi connectivity index (χ2v) is 10.00. The van der Waals surface area contributed by atoms with Gasteiger partial charge in [0.25, 0.3) is 11.8 Å². The second-order valence-electron chi connectivity index (χ2n) is 9.18. The number of carbonyl (C=O) groups excluding carboxylic acids is 3. The molecular formula is C30H19Cl2F3N2O4. The van der Waals surface area contributed by atoms with Crippen LogP contribution in [0, 0.1) is 6.92 Å². The summed E-state index contributed by atoms with van der Waals surface area (Å²) in [6, 6.07) is 17.5. The Morgan fingerprint density at radius 1 is 0.927 bits per heavy atom. The third kappa shape index (κ3) is 5.64. The number of alkyl halides is 3. The van der Waals surface area contributed by atoms with E-state index >= 15 is 0 Å². The monoisotopic (exact) mass is 598 g/mol. The third-order valence-corrected chi connectivity index (χ3v) is 7.14. The van der Waals surface area contributed by atoms with Crippen molar-refractivity contribution in [3.05, 3.63) is 111 Å². The van der Waals surface area contributed by atoms with Gasteiger partial charge in [-0.25, -0.2) is 9.69 Å². The Bertz CT molecular complexity index is 1770. The van der Waals surface area contributed by atoms with Gasteiger partial charge in [0.2, 0.25) is 0 Å². The van der Waals surface area contributed by atoms with Gasteiger partial charge in [-0.05, 0) is 65.2 Å². The van der Waals surface area contributed by atoms with E-state index in [4.69, 9.17) is 27.9 Å². The zero-order chi connectivity index (χ0) is 29.5. The molecule has 0 radical (unpaired) electrons. The van der Waals surface area contributed by atoms with Gasteiger partial charge < -0.3 is 4.74 Å². The Hall–Kier alpha value is -4.34. The first-order valence-corrected chi connectivity index (χ1v) is 12.9. The van der Waals surface area contributed by atoms with Gasteiger partial charge in [-0.1, -0.05) is 65.7 Å². The van der Waals surface area contributed by atoms with Gasteiger partial charge >= 0.3 is 12.2 Å². The Balaban J connectivity index is 1.41. The van der Waals surface area contributed by atoms with Crippen molar-refractivity contribution in [2.45, 2.75) is 19.7 Å². The Labute approximate surface area is 241 Å². The van der Waals surface area contributed by atoms with Crippen molar-refractivity contribution in [1.82, 2.24) is 5.32 Å². The fraction of sp³-hybridized carbons (Fsp3) is 0.100. The number of benzene rings is 4. The number of hydrogen-bond donors (Lipinski definition) is 1. The van der Waals surface area contributed by atoms with Crippen LogP contribution in [0.2, 0.25) is 10.0 Å². The number of hydrogen-bond acceptors (Lipinski definition) is 4. The van der Waals surface area contributed by atoms with Gasteiger partial charge in [-0.15, -0.1) is 0 Å². The molecule has 0 spiro atoms. The summed E-state index contributed by atoms with van der Waals surface area (Å²) < 4.78 is 45.8. The van der Waals surface area contributed by atoms with Crippen molar-refractivity contribution in [1.29, 1.82) is 0 Å². The van der Waals surface area contributed by atoms with Crippen LogP contribution in [0.4, 0.5) is 23.7 Å². The van der Waals surface area contributed by atoms with Gasteiger partial charge in [0, 0.05) is 5.56 Å². The lowest BCUT2D eigenvalue weighted by atomic mass is 10.0. The van der Waals surface area contributed by atoms with Crippen LogP contribution in [-0.2, 0) is 22.4 Å². The molecule has 0 bridgehead atoms. The van der Waals surface area contributed by atoms with Crippen molar-refractivity contribution in [3.63, 3.8) is 0 Å².